The number of nitrogens with two attached hydrogens (primary N) is 1. The Morgan fingerprint density at radius 2 is 2.28 bits per heavy atom. The smallest absolute Gasteiger partial charge is 0.140 e. The molecule has 1 heterocycles. The van der Waals surface area contributed by atoms with Gasteiger partial charge in [0.2, 0.25) is 0 Å². The summed E-state index contributed by atoms with van der Waals surface area (Å²) in [4.78, 5) is 10.8. The summed E-state index contributed by atoms with van der Waals surface area (Å²) in [5.74, 6) is -0.357. The lowest BCUT2D eigenvalue weighted by molar-refractivity contribution is -0.109. The lowest BCUT2D eigenvalue weighted by atomic mass is 10.1. The second-order valence-corrected chi connectivity index (χ2v) is 4.03. The van der Waals surface area contributed by atoms with Gasteiger partial charge in [-0.15, -0.1) is 0 Å². The van der Waals surface area contributed by atoms with E-state index in [9.17, 15) is 9.18 Å². The first-order valence-electron chi connectivity index (χ1n) is 5.57. The minimum atomic E-state index is -0.517. The number of hydrogen-bond donors (Lipinski definition) is 3. The number of hydrogen-bond acceptors (Lipinski definition) is 5. The number of rotatable bonds is 3. The van der Waals surface area contributed by atoms with E-state index in [1.165, 1.54) is 12.1 Å². The van der Waals surface area contributed by atoms with Gasteiger partial charge in [0, 0.05) is 25.0 Å². The Bertz CT molecular complexity index is 477. The van der Waals surface area contributed by atoms with Gasteiger partial charge in [-0.3, -0.25) is 5.01 Å². The van der Waals surface area contributed by atoms with Crippen molar-refractivity contribution in [1.82, 2.24) is 5.43 Å². The van der Waals surface area contributed by atoms with E-state index < -0.39 is 6.04 Å². The summed E-state index contributed by atoms with van der Waals surface area (Å²) >= 11 is 0. The first kappa shape index (κ1) is 12.5. The Hall–Kier alpha value is -1.92. The Morgan fingerprint density at radius 1 is 1.50 bits per heavy atom. The maximum absolute atomic E-state index is 13.4. The van der Waals surface area contributed by atoms with Gasteiger partial charge < -0.3 is 15.8 Å². The van der Waals surface area contributed by atoms with Crippen molar-refractivity contribution in [2.45, 2.75) is 12.1 Å². The first-order chi connectivity index (χ1) is 8.63. The van der Waals surface area contributed by atoms with Crippen molar-refractivity contribution < 1.29 is 9.18 Å². The molecule has 2 rings (SSSR count). The normalized spacial score (nSPS) is 22.9. The topological polar surface area (TPSA) is 70.4 Å². The van der Waals surface area contributed by atoms with Crippen molar-refractivity contribution in [3.8, 4) is 0 Å². The monoisotopic (exact) mass is 250 g/mol. The predicted octanol–water partition coefficient (Wildman–Crippen LogP) is 0.600. The van der Waals surface area contributed by atoms with Crippen LogP contribution in [0.15, 0.2) is 30.5 Å². The summed E-state index contributed by atoms with van der Waals surface area (Å²) in [5, 5.41) is 4.44. The zero-order chi connectivity index (χ0) is 13.1. The van der Waals surface area contributed by atoms with Crippen molar-refractivity contribution in [3.05, 3.63) is 36.3 Å². The fourth-order valence-electron chi connectivity index (χ4n) is 1.73. The molecule has 0 amide bonds. The highest BCUT2D eigenvalue weighted by Gasteiger charge is 2.22. The van der Waals surface area contributed by atoms with Gasteiger partial charge in [0.05, 0.1) is 5.69 Å². The molecule has 0 saturated carbocycles. The number of hydrazine groups is 1. The van der Waals surface area contributed by atoms with Gasteiger partial charge >= 0.3 is 0 Å². The summed E-state index contributed by atoms with van der Waals surface area (Å²) in [5.41, 5.74) is 9.87. The minimum absolute atomic E-state index is 0.357. The van der Waals surface area contributed by atoms with E-state index in [4.69, 9.17) is 5.73 Å². The molecule has 2 atom stereocenters. The second-order valence-electron chi connectivity index (χ2n) is 4.03. The second kappa shape index (κ2) is 5.16. The molecule has 0 aliphatic carbocycles. The highest BCUT2D eigenvalue weighted by atomic mass is 19.1. The van der Waals surface area contributed by atoms with Crippen LogP contribution in [0.3, 0.4) is 0 Å². The van der Waals surface area contributed by atoms with E-state index in [1.54, 1.807) is 30.4 Å². The molecule has 0 radical (unpaired) electrons. The minimum Gasteiger partial charge on any atom is -0.388 e. The van der Waals surface area contributed by atoms with Crippen molar-refractivity contribution in [1.29, 1.82) is 0 Å². The largest absolute Gasteiger partial charge is 0.388 e. The third-order valence-electron chi connectivity index (χ3n) is 2.76. The van der Waals surface area contributed by atoms with E-state index >= 15 is 0 Å². The van der Waals surface area contributed by atoms with Crippen LogP contribution in [-0.2, 0) is 4.79 Å². The number of carbonyl (C=O) groups is 1. The molecule has 4 N–H and O–H groups in total. The molecule has 5 nitrogen and oxygen atoms in total. The zero-order valence-corrected chi connectivity index (χ0v) is 9.93. The molecule has 1 aliphatic heterocycles. The number of benzene rings is 1. The maximum atomic E-state index is 13.4. The molecule has 6 heteroatoms. The summed E-state index contributed by atoms with van der Waals surface area (Å²) in [6, 6.07) is 3.63. The van der Waals surface area contributed by atoms with Gasteiger partial charge in [-0.2, -0.15) is 0 Å². The van der Waals surface area contributed by atoms with Gasteiger partial charge in [0.1, 0.15) is 18.1 Å². The fourth-order valence-corrected chi connectivity index (χ4v) is 1.73. The lowest BCUT2D eigenvalue weighted by Crippen LogP contribution is -2.54. The van der Waals surface area contributed by atoms with Crippen LogP contribution in [-0.4, -0.2) is 25.4 Å². The summed E-state index contributed by atoms with van der Waals surface area (Å²) < 4.78 is 13.4. The van der Waals surface area contributed by atoms with Gasteiger partial charge in [-0.1, -0.05) is 0 Å². The lowest BCUT2D eigenvalue weighted by Gasteiger charge is -2.31. The van der Waals surface area contributed by atoms with Gasteiger partial charge in [-0.25, -0.2) is 9.82 Å². The molecule has 1 aliphatic rings. The van der Waals surface area contributed by atoms with Gasteiger partial charge in [0.15, 0.2) is 0 Å². The molecule has 96 valence electrons. The quantitative estimate of drug-likeness (QED) is 0.685. The summed E-state index contributed by atoms with van der Waals surface area (Å²) in [6.45, 7) is 0. The van der Waals surface area contributed by atoms with Crippen LogP contribution in [0.25, 0.3) is 0 Å². The van der Waals surface area contributed by atoms with E-state index in [0.29, 0.717) is 11.4 Å². The van der Waals surface area contributed by atoms with Crippen LogP contribution in [0.4, 0.5) is 15.8 Å². The van der Waals surface area contributed by atoms with Crippen LogP contribution in [0, 0.1) is 5.82 Å². The molecule has 2 unspecified atom stereocenters. The third-order valence-corrected chi connectivity index (χ3v) is 2.76. The van der Waals surface area contributed by atoms with Crippen LogP contribution in [0.5, 0.6) is 0 Å². The molecular formula is C12H15FN4O. The van der Waals surface area contributed by atoms with E-state index in [0.717, 1.165) is 6.29 Å². The molecule has 0 aromatic heterocycles. The van der Waals surface area contributed by atoms with Gasteiger partial charge in [-0.05, 0) is 24.3 Å². The molecule has 1 aromatic carbocycles. The van der Waals surface area contributed by atoms with Crippen molar-refractivity contribution in [3.63, 3.8) is 0 Å². The zero-order valence-electron chi connectivity index (χ0n) is 9.93. The van der Waals surface area contributed by atoms with Crippen LogP contribution >= 0.6 is 0 Å². The highest BCUT2D eigenvalue weighted by molar-refractivity contribution is 5.64. The molecule has 1 aromatic rings. The van der Waals surface area contributed by atoms with Crippen molar-refractivity contribution in [2.24, 2.45) is 5.73 Å². The Labute approximate surface area is 104 Å². The van der Waals surface area contributed by atoms with Crippen LogP contribution in [0.1, 0.15) is 0 Å². The van der Waals surface area contributed by atoms with E-state index in [2.05, 4.69) is 10.7 Å². The van der Waals surface area contributed by atoms with Crippen LogP contribution in [0.2, 0.25) is 0 Å². The standard InChI is InChI=1S/C12H15FN4O/c1-15-9-4-8(13)5-10(6-9)17-3-2-11(14)12(7-18)16-17/h2-7,11-12,15-16H,14H2,1H3. The maximum Gasteiger partial charge on any atom is 0.140 e. The van der Waals surface area contributed by atoms with Crippen molar-refractivity contribution in [2.75, 3.05) is 17.4 Å². The number of carbonyl (C=O) groups excluding carboxylic acids is 1. The molecule has 0 fully saturated rings. The van der Waals surface area contributed by atoms with Crippen molar-refractivity contribution >= 4 is 17.7 Å². The number of nitrogens with one attached hydrogen (secondary N) is 2. The number of nitrogens with zero attached hydrogens (tertiary/aromatic N) is 1. The number of halogens is 1. The van der Waals surface area contributed by atoms with Crippen LogP contribution < -0.4 is 21.5 Å². The predicted molar refractivity (Wildman–Crippen MR) is 68.5 cm³/mol. The number of aldehydes is 1. The molecule has 18 heavy (non-hydrogen) atoms. The summed E-state index contributed by atoms with van der Waals surface area (Å²) in [6.07, 6.45) is 4.11. The highest BCUT2D eigenvalue weighted by Crippen LogP contribution is 2.22. The fraction of sp³-hybridized carbons (Fsp3) is 0.250. The molecule has 0 spiro atoms. The first-order valence-corrected chi connectivity index (χ1v) is 5.57. The van der Waals surface area contributed by atoms with E-state index in [1.807, 2.05) is 0 Å². The number of anilines is 2. The average molecular weight is 250 g/mol. The third kappa shape index (κ3) is 2.49. The Morgan fingerprint density at radius 3 is 2.94 bits per heavy atom. The molecule has 0 saturated heterocycles. The SMILES string of the molecule is CNc1cc(F)cc(N2C=CC(N)C(C=O)N2)c1. The summed E-state index contributed by atoms with van der Waals surface area (Å²) in [7, 11) is 1.71. The average Bonchev–Trinajstić information content (AvgIpc) is 2.38. The Kier molecular flexibility index (Phi) is 3.59. The molecule has 0 bridgehead atoms. The van der Waals surface area contributed by atoms with E-state index in [-0.39, 0.29) is 11.9 Å². The molecular weight excluding hydrogens is 235 g/mol. The Balaban J connectivity index is 2.29. The van der Waals surface area contributed by atoms with Gasteiger partial charge in [0.25, 0.3) is 0 Å².